The first-order valence-electron chi connectivity index (χ1n) is 5.15. The maximum atomic E-state index is 9.60. The third-order valence-corrected chi connectivity index (χ3v) is 2.42. The van der Waals surface area contributed by atoms with Gasteiger partial charge in [0.05, 0.1) is 0 Å². The molecule has 2 rings (SSSR count). The van der Waals surface area contributed by atoms with Crippen molar-refractivity contribution >= 4 is 12.2 Å². The maximum absolute atomic E-state index is 9.60. The van der Waals surface area contributed by atoms with Gasteiger partial charge in [0.2, 0.25) is 5.75 Å². The summed E-state index contributed by atoms with van der Waals surface area (Å²) in [5, 5.41) is 28.1. The van der Waals surface area contributed by atoms with Gasteiger partial charge in [0.1, 0.15) is 0 Å². The van der Waals surface area contributed by atoms with E-state index in [1.54, 1.807) is 6.08 Å². The lowest BCUT2D eigenvalue weighted by molar-refractivity contribution is 0.367. The first-order chi connectivity index (χ1) is 8.18. The van der Waals surface area contributed by atoms with Crippen LogP contribution in [0.1, 0.15) is 11.1 Å². The molecule has 2 aromatic rings. The molecule has 0 bridgehead atoms. The van der Waals surface area contributed by atoms with Gasteiger partial charge < -0.3 is 15.3 Å². The smallest absolute Gasteiger partial charge is 0.200 e. The van der Waals surface area contributed by atoms with E-state index in [-0.39, 0.29) is 11.5 Å². The van der Waals surface area contributed by atoms with E-state index in [2.05, 4.69) is 0 Å². The standard InChI is InChI=1S/C14H12O3/c15-12-9-8-11(13(16)14(12)17)7-6-10-4-2-1-3-5-10/h1-9,15-17H/b7-6+. The summed E-state index contributed by atoms with van der Waals surface area (Å²) in [6.45, 7) is 0. The molecule has 0 spiro atoms. The van der Waals surface area contributed by atoms with Crippen molar-refractivity contribution in [1.82, 2.24) is 0 Å². The second kappa shape index (κ2) is 4.61. The molecule has 0 fully saturated rings. The van der Waals surface area contributed by atoms with Crippen LogP contribution in [0.15, 0.2) is 42.5 Å². The van der Waals surface area contributed by atoms with Crippen molar-refractivity contribution in [3.8, 4) is 17.2 Å². The molecule has 2 aromatic carbocycles. The van der Waals surface area contributed by atoms with Crippen LogP contribution in [-0.2, 0) is 0 Å². The minimum atomic E-state index is -0.500. The van der Waals surface area contributed by atoms with Crippen molar-refractivity contribution in [2.75, 3.05) is 0 Å². The summed E-state index contributed by atoms with van der Waals surface area (Å²) in [6.07, 6.45) is 3.48. The Hall–Kier alpha value is -2.42. The maximum Gasteiger partial charge on any atom is 0.200 e. The Labute approximate surface area is 98.9 Å². The van der Waals surface area contributed by atoms with Gasteiger partial charge in [0.25, 0.3) is 0 Å². The number of phenolic OH excluding ortho intramolecular Hbond substituents is 3. The quantitative estimate of drug-likeness (QED) is 0.547. The molecule has 0 saturated carbocycles. The van der Waals surface area contributed by atoms with Gasteiger partial charge in [-0.25, -0.2) is 0 Å². The van der Waals surface area contributed by atoms with E-state index in [0.29, 0.717) is 5.56 Å². The molecule has 3 N–H and O–H groups in total. The van der Waals surface area contributed by atoms with Crippen LogP contribution in [-0.4, -0.2) is 15.3 Å². The highest BCUT2D eigenvalue weighted by Gasteiger charge is 2.08. The highest BCUT2D eigenvalue weighted by molar-refractivity contribution is 5.75. The highest BCUT2D eigenvalue weighted by atomic mass is 16.3. The summed E-state index contributed by atoms with van der Waals surface area (Å²) in [6, 6.07) is 12.5. The minimum Gasteiger partial charge on any atom is -0.504 e. The van der Waals surface area contributed by atoms with Crippen LogP contribution in [0.2, 0.25) is 0 Å². The molecule has 0 saturated heterocycles. The molecular weight excluding hydrogens is 216 g/mol. The van der Waals surface area contributed by atoms with Gasteiger partial charge in [-0.3, -0.25) is 0 Å². The molecular formula is C14H12O3. The van der Waals surface area contributed by atoms with Crippen LogP contribution in [0.5, 0.6) is 17.2 Å². The van der Waals surface area contributed by atoms with Gasteiger partial charge in [-0.2, -0.15) is 0 Å². The monoisotopic (exact) mass is 228 g/mol. The van der Waals surface area contributed by atoms with E-state index < -0.39 is 5.75 Å². The van der Waals surface area contributed by atoms with E-state index in [9.17, 15) is 15.3 Å². The highest BCUT2D eigenvalue weighted by Crippen LogP contribution is 2.37. The van der Waals surface area contributed by atoms with Crippen LogP contribution in [0.4, 0.5) is 0 Å². The van der Waals surface area contributed by atoms with Crippen LogP contribution in [0.3, 0.4) is 0 Å². The average Bonchev–Trinajstić information content (AvgIpc) is 2.36. The number of hydrogen-bond acceptors (Lipinski definition) is 3. The Morgan fingerprint density at radius 3 is 2.12 bits per heavy atom. The molecule has 3 nitrogen and oxygen atoms in total. The first-order valence-corrected chi connectivity index (χ1v) is 5.15. The van der Waals surface area contributed by atoms with Crippen molar-refractivity contribution in [1.29, 1.82) is 0 Å². The van der Waals surface area contributed by atoms with Crippen LogP contribution < -0.4 is 0 Å². The van der Waals surface area contributed by atoms with Gasteiger partial charge in [-0.05, 0) is 17.7 Å². The molecule has 0 aromatic heterocycles. The van der Waals surface area contributed by atoms with Gasteiger partial charge in [-0.15, -0.1) is 0 Å². The molecule has 0 aliphatic carbocycles. The number of benzene rings is 2. The van der Waals surface area contributed by atoms with E-state index >= 15 is 0 Å². The van der Waals surface area contributed by atoms with Crippen molar-refractivity contribution in [2.24, 2.45) is 0 Å². The summed E-state index contributed by atoms with van der Waals surface area (Å²) in [5.41, 5.74) is 1.43. The summed E-state index contributed by atoms with van der Waals surface area (Å²) in [7, 11) is 0. The van der Waals surface area contributed by atoms with Crippen molar-refractivity contribution < 1.29 is 15.3 Å². The number of aromatic hydroxyl groups is 3. The number of phenols is 3. The summed E-state index contributed by atoms with van der Waals surface area (Å²) < 4.78 is 0. The Kier molecular flexibility index (Phi) is 3.01. The number of hydrogen-bond donors (Lipinski definition) is 3. The molecule has 17 heavy (non-hydrogen) atoms. The molecule has 0 aliphatic heterocycles. The predicted molar refractivity (Wildman–Crippen MR) is 66.8 cm³/mol. The molecule has 0 heterocycles. The molecule has 0 radical (unpaired) electrons. The zero-order valence-corrected chi connectivity index (χ0v) is 9.04. The normalized spacial score (nSPS) is 10.8. The second-order valence-corrected chi connectivity index (χ2v) is 3.62. The predicted octanol–water partition coefficient (Wildman–Crippen LogP) is 2.97. The molecule has 3 heteroatoms. The molecule has 0 amide bonds. The fourth-order valence-corrected chi connectivity index (χ4v) is 1.47. The van der Waals surface area contributed by atoms with Crippen molar-refractivity contribution in [2.45, 2.75) is 0 Å². The topological polar surface area (TPSA) is 60.7 Å². The third-order valence-electron chi connectivity index (χ3n) is 2.42. The van der Waals surface area contributed by atoms with Crippen molar-refractivity contribution in [3.05, 3.63) is 53.6 Å². The Bertz CT molecular complexity index is 545. The number of rotatable bonds is 2. The van der Waals surface area contributed by atoms with E-state index in [4.69, 9.17) is 0 Å². The summed E-state index contributed by atoms with van der Waals surface area (Å²) >= 11 is 0. The van der Waals surface area contributed by atoms with E-state index in [1.807, 2.05) is 36.4 Å². The average molecular weight is 228 g/mol. The third kappa shape index (κ3) is 2.39. The SMILES string of the molecule is Oc1ccc(/C=C/c2ccccc2)c(O)c1O. The minimum absolute atomic E-state index is 0.322. The summed E-state index contributed by atoms with van der Waals surface area (Å²) in [5.74, 6) is -1.16. The Balaban J connectivity index is 2.31. The van der Waals surface area contributed by atoms with Gasteiger partial charge in [0.15, 0.2) is 11.5 Å². The largest absolute Gasteiger partial charge is 0.504 e. The Morgan fingerprint density at radius 1 is 0.706 bits per heavy atom. The van der Waals surface area contributed by atoms with Crippen LogP contribution in [0.25, 0.3) is 12.2 Å². The van der Waals surface area contributed by atoms with Crippen LogP contribution in [0, 0.1) is 0 Å². The molecule has 0 aliphatic rings. The van der Waals surface area contributed by atoms with Gasteiger partial charge in [-0.1, -0.05) is 42.5 Å². The lowest BCUT2D eigenvalue weighted by Crippen LogP contribution is -1.77. The zero-order valence-electron chi connectivity index (χ0n) is 9.04. The summed E-state index contributed by atoms with van der Waals surface area (Å²) in [4.78, 5) is 0. The second-order valence-electron chi connectivity index (χ2n) is 3.62. The van der Waals surface area contributed by atoms with Gasteiger partial charge in [0, 0.05) is 5.56 Å². The van der Waals surface area contributed by atoms with Crippen LogP contribution >= 0.6 is 0 Å². The lowest BCUT2D eigenvalue weighted by atomic mass is 10.1. The molecule has 0 atom stereocenters. The Morgan fingerprint density at radius 2 is 1.41 bits per heavy atom. The fraction of sp³-hybridized carbons (Fsp3) is 0. The zero-order chi connectivity index (χ0) is 12.3. The van der Waals surface area contributed by atoms with Gasteiger partial charge >= 0.3 is 0 Å². The fourth-order valence-electron chi connectivity index (χ4n) is 1.47. The lowest BCUT2D eigenvalue weighted by Gasteiger charge is -2.03. The van der Waals surface area contributed by atoms with E-state index in [0.717, 1.165) is 5.56 Å². The van der Waals surface area contributed by atoms with E-state index in [1.165, 1.54) is 12.1 Å². The molecule has 0 unspecified atom stereocenters. The molecule has 86 valence electrons. The van der Waals surface area contributed by atoms with Crippen molar-refractivity contribution in [3.63, 3.8) is 0 Å². The first kappa shape index (κ1) is 11.1.